The number of nitrogens with one attached hydrogen (secondary N) is 1. The molecule has 1 unspecified atom stereocenters. The van der Waals surface area contributed by atoms with Crippen LogP contribution in [0.1, 0.15) is 57.1 Å². The summed E-state index contributed by atoms with van der Waals surface area (Å²) >= 11 is 0. The van der Waals surface area contributed by atoms with Gasteiger partial charge in [0.05, 0.1) is 5.69 Å². The fraction of sp³-hybridized carbons (Fsp3) is 0.812. The van der Waals surface area contributed by atoms with Crippen LogP contribution in [0.5, 0.6) is 0 Å². The fourth-order valence-corrected chi connectivity index (χ4v) is 2.56. The molecule has 0 fully saturated rings. The number of ether oxygens (including phenoxy) is 1. The van der Waals surface area contributed by atoms with Gasteiger partial charge in [-0.15, -0.1) is 0 Å². The molecule has 116 valence electrons. The molecule has 1 aromatic heterocycles. The molecule has 20 heavy (non-hydrogen) atoms. The number of hydrogen-bond donors (Lipinski definition) is 1. The zero-order valence-corrected chi connectivity index (χ0v) is 14.0. The molecule has 0 radical (unpaired) electrons. The van der Waals surface area contributed by atoms with Crippen molar-refractivity contribution in [1.82, 2.24) is 15.1 Å². The molecule has 1 aromatic rings. The van der Waals surface area contributed by atoms with E-state index in [1.165, 1.54) is 11.3 Å². The zero-order chi connectivity index (χ0) is 15.1. The van der Waals surface area contributed by atoms with Gasteiger partial charge in [-0.2, -0.15) is 5.10 Å². The van der Waals surface area contributed by atoms with Gasteiger partial charge in [-0.25, -0.2) is 0 Å². The molecule has 1 atom stereocenters. The van der Waals surface area contributed by atoms with Crippen molar-refractivity contribution in [1.29, 1.82) is 0 Å². The van der Waals surface area contributed by atoms with E-state index in [4.69, 9.17) is 4.74 Å². The predicted octanol–water partition coefficient (Wildman–Crippen LogP) is 3.23. The van der Waals surface area contributed by atoms with Gasteiger partial charge in [0.2, 0.25) is 0 Å². The van der Waals surface area contributed by atoms with E-state index >= 15 is 0 Å². The van der Waals surface area contributed by atoms with Crippen LogP contribution >= 0.6 is 0 Å². The molecule has 0 bridgehead atoms. The average Bonchev–Trinajstić information content (AvgIpc) is 2.67. The second kappa shape index (κ2) is 8.42. The van der Waals surface area contributed by atoms with Gasteiger partial charge >= 0.3 is 0 Å². The van der Waals surface area contributed by atoms with Gasteiger partial charge in [-0.3, -0.25) is 4.68 Å². The molecular weight excluding hydrogens is 250 g/mol. The van der Waals surface area contributed by atoms with Crippen molar-refractivity contribution in [3.63, 3.8) is 0 Å². The average molecular weight is 281 g/mol. The maximum Gasteiger partial charge on any atom is 0.0644 e. The van der Waals surface area contributed by atoms with Crippen LogP contribution < -0.4 is 5.32 Å². The summed E-state index contributed by atoms with van der Waals surface area (Å²) in [5, 5.41) is 8.15. The molecule has 0 saturated carbocycles. The maximum absolute atomic E-state index is 5.60. The van der Waals surface area contributed by atoms with E-state index in [9.17, 15) is 0 Å². The standard InChI is InChI=1S/C16H31N3O/c1-7-19-15(6)16(14(5)18-19)13(4)17-9-8-10-20-11-12(2)3/h12-13,17H,7-11H2,1-6H3. The lowest BCUT2D eigenvalue weighted by Crippen LogP contribution is -2.22. The van der Waals surface area contributed by atoms with Crippen molar-refractivity contribution in [2.75, 3.05) is 19.8 Å². The third-order valence-corrected chi connectivity index (χ3v) is 3.54. The molecule has 0 aliphatic carbocycles. The number of hydrogen-bond acceptors (Lipinski definition) is 3. The SMILES string of the molecule is CCn1nc(C)c(C(C)NCCCOCC(C)C)c1C. The Morgan fingerprint density at radius 2 is 1.95 bits per heavy atom. The first-order chi connectivity index (χ1) is 9.47. The highest BCUT2D eigenvalue weighted by atomic mass is 16.5. The van der Waals surface area contributed by atoms with Crippen LogP contribution in [0.15, 0.2) is 0 Å². The van der Waals surface area contributed by atoms with E-state index in [0.717, 1.165) is 38.4 Å². The molecule has 0 aliphatic heterocycles. The topological polar surface area (TPSA) is 39.1 Å². The van der Waals surface area contributed by atoms with Gasteiger partial charge in [0.1, 0.15) is 0 Å². The van der Waals surface area contributed by atoms with Crippen LogP contribution in [0.2, 0.25) is 0 Å². The molecule has 1 rings (SSSR count). The van der Waals surface area contributed by atoms with Gasteiger partial charge < -0.3 is 10.1 Å². The highest BCUT2D eigenvalue weighted by molar-refractivity contribution is 5.27. The Bertz CT molecular complexity index is 399. The molecular formula is C16H31N3O. The lowest BCUT2D eigenvalue weighted by Gasteiger charge is -2.15. The zero-order valence-electron chi connectivity index (χ0n) is 14.0. The van der Waals surface area contributed by atoms with Gasteiger partial charge in [-0.05, 0) is 46.6 Å². The van der Waals surface area contributed by atoms with Crippen LogP contribution in [-0.4, -0.2) is 29.5 Å². The summed E-state index contributed by atoms with van der Waals surface area (Å²) in [5.41, 5.74) is 3.76. The molecule has 0 aliphatic rings. The Morgan fingerprint density at radius 3 is 2.50 bits per heavy atom. The summed E-state index contributed by atoms with van der Waals surface area (Å²) < 4.78 is 7.67. The fourth-order valence-electron chi connectivity index (χ4n) is 2.56. The molecule has 1 heterocycles. The largest absolute Gasteiger partial charge is 0.381 e. The molecule has 0 amide bonds. The van der Waals surface area contributed by atoms with Crippen molar-refractivity contribution in [3.05, 3.63) is 17.0 Å². The Labute approximate surface area is 123 Å². The van der Waals surface area contributed by atoms with E-state index in [2.05, 4.69) is 56.6 Å². The number of nitrogens with zero attached hydrogens (tertiary/aromatic N) is 2. The molecule has 0 spiro atoms. The number of rotatable bonds is 9. The quantitative estimate of drug-likeness (QED) is 0.706. The Balaban J connectivity index is 2.36. The molecule has 1 N–H and O–H groups in total. The smallest absolute Gasteiger partial charge is 0.0644 e. The van der Waals surface area contributed by atoms with Crippen molar-refractivity contribution in [2.24, 2.45) is 5.92 Å². The number of aromatic nitrogens is 2. The van der Waals surface area contributed by atoms with Crippen LogP contribution in [0, 0.1) is 19.8 Å². The van der Waals surface area contributed by atoms with E-state index in [-0.39, 0.29) is 0 Å². The summed E-state index contributed by atoms with van der Waals surface area (Å²) in [5.74, 6) is 0.618. The Kier molecular flexibility index (Phi) is 7.24. The van der Waals surface area contributed by atoms with Crippen molar-refractivity contribution in [3.8, 4) is 0 Å². The van der Waals surface area contributed by atoms with E-state index in [1.54, 1.807) is 0 Å². The summed E-state index contributed by atoms with van der Waals surface area (Å²) in [7, 11) is 0. The van der Waals surface area contributed by atoms with Gasteiger partial charge in [0.25, 0.3) is 0 Å². The van der Waals surface area contributed by atoms with Crippen LogP contribution in [0.25, 0.3) is 0 Å². The minimum Gasteiger partial charge on any atom is -0.381 e. The monoisotopic (exact) mass is 281 g/mol. The minimum absolute atomic E-state index is 0.348. The van der Waals surface area contributed by atoms with E-state index in [0.29, 0.717) is 12.0 Å². The van der Waals surface area contributed by atoms with Crippen LogP contribution in [-0.2, 0) is 11.3 Å². The molecule has 4 heteroatoms. The normalized spacial score (nSPS) is 13.2. The summed E-state index contributed by atoms with van der Waals surface area (Å²) in [6.45, 7) is 16.6. The first-order valence-corrected chi connectivity index (χ1v) is 7.82. The molecule has 0 saturated heterocycles. The predicted molar refractivity (Wildman–Crippen MR) is 84.1 cm³/mol. The summed E-state index contributed by atoms with van der Waals surface area (Å²) in [4.78, 5) is 0. The van der Waals surface area contributed by atoms with Gasteiger partial charge in [0.15, 0.2) is 0 Å². The summed E-state index contributed by atoms with van der Waals surface area (Å²) in [6.07, 6.45) is 1.05. The summed E-state index contributed by atoms with van der Waals surface area (Å²) in [6, 6.07) is 0.348. The van der Waals surface area contributed by atoms with Gasteiger partial charge in [-0.1, -0.05) is 13.8 Å². The van der Waals surface area contributed by atoms with E-state index < -0.39 is 0 Å². The van der Waals surface area contributed by atoms with Gasteiger partial charge in [0, 0.05) is 37.1 Å². The minimum atomic E-state index is 0.348. The second-order valence-electron chi connectivity index (χ2n) is 5.90. The van der Waals surface area contributed by atoms with Crippen LogP contribution in [0.4, 0.5) is 0 Å². The lowest BCUT2D eigenvalue weighted by atomic mass is 10.1. The van der Waals surface area contributed by atoms with E-state index in [1.807, 2.05) is 0 Å². The highest BCUT2D eigenvalue weighted by Gasteiger charge is 2.16. The highest BCUT2D eigenvalue weighted by Crippen LogP contribution is 2.21. The Hall–Kier alpha value is -0.870. The third kappa shape index (κ3) is 4.91. The second-order valence-corrected chi connectivity index (χ2v) is 5.90. The first kappa shape index (κ1) is 17.2. The van der Waals surface area contributed by atoms with Crippen molar-refractivity contribution < 1.29 is 4.74 Å². The Morgan fingerprint density at radius 1 is 1.25 bits per heavy atom. The lowest BCUT2D eigenvalue weighted by molar-refractivity contribution is 0.107. The third-order valence-electron chi connectivity index (χ3n) is 3.54. The van der Waals surface area contributed by atoms with Crippen molar-refractivity contribution in [2.45, 2.75) is 60.5 Å². The van der Waals surface area contributed by atoms with Crippen LogP contribution in [0.3, 0.4) is 0 Å². The van der Waals surface area contributed by atoms with Crippen molar-refractivity contribution >= 4 is 0 Å². The molecule has 4 nitrogen and oxygen atoms in total. The maximum atomic E-state index is 5.60. The number of aryl methyl sites for hydroxylation is 2. The molecule has 0 aromatic carbocycles. The first-order valence-electron chi connectivity index (χ1n) is 7.82.